The number of carbonyl (C=O) groups is 2. The van der Waals surface area contributed by atoms with Crippen molar-refractivity contribution in [3.05, 3.63) is 28.7 Å². The molecule has 1 saturated heterocycles. The van der Waals surface area contributed by atoms with Crippen LogP contribution in [-0.4, -0.2) is 29.3 Å². The Hall–Kier alpha value is -2.35. The Bertz CT molecular complexity index is 981. The molecule has 1 aliphatic heterocycles. The number of hydrogen-bond acceptors (Lipinski definition) is 4. The zero-order chi connectivity index (χ0) is 20.1. The maximum atomic E-state index is 12.8. The van der Waals surface area contributed by atoms with E-state index in [9.17, 15) is 14.4 Å². The molecule has 2 heterocycles. The zero-order valence-electron chi connectivity index (χ0n) is 16.8. The van der Waals surface area contributed by atoms with Crippen molar-refractivity contribution in [2.75, 3.05) is 0 Å². The molecule has 1 aromatic heterocycles. The normalized spacial score (nSPS) is 18.7. The molecule has 8 heteroatoms. The van der Waals surface area contributed by atoms with Crippen LogP contribution < -0.4 is 15.4 Å². The molecule has 0 radical (unpaired) electrons. The molecule has 1 unspecified atom stereocenters. The van der Waals surface area contributed by atoms with Gasteiger partial charge in [0.1, 0.15) is 11.8 Å². The minimum Gasteiger partial charge on any atom is -0.543 e. The third-order valence-electron chi connectivity index (χ3n) is 5.76. The van der Waals surface area contributed by atoms with Crippen LogP contribution in [0.2, 0.25) is 18.1 Å². The average molecular weight is 390 g/mol. The molecule has 0 spiro atoms. The molecule has 3 rings (SSSR count). The Kier molecular flexibility index (Phi) is 4.58. The van der Waals surface area contributed by atoms with E-state index in [1.54, 1.807) is 7.05 Å². The van der Waals surface area contributed by atoms with Crippen molar-refractivity contribution in [3.8, 4) is 5.75 Å². The maximum absolute atomic E-state index is 12.8. The van der Waals surface area contributed by atoms with Gasteiger partial charge in [-0.3, -0.25) is 24.0 Å². The number of fused-ring (bicyclic) bond motifs is 1. The number of imidazole rings is 1. The summed E-state index contributed by atoms with van der Waals surface area (Å²) >= 11 is 0. The van der Waals surface area contributed by atoms with Crippen molar-refractivity contribution in [2.45, 2.75) is 57.8 Å². The Morgan fingerprint density at radius 1 is 1.15 bits per heavy atom. The van der Waals surface area contributed by atoms with E-state index in [2.05, 4.69) is 39.2 Å². The molecule has 146 valence electrons. The number of piperidine rings is 1. The van der Waals surface area contributed by atoms with Crippen LogP contribution in [0.1, 0.15) is 39.7 Å². The first-order chi connectivity index (χ1) is 12.4. The topological polar surface area (TPSA) is 82.3 Å². The van der Waals surface area contributed by atoms with Gasteiger partial charge in [0.25, 0.3) is 0 Å². The first-order valence-electron chi connectivity index (χ1n) is 9.16. The lowest BCUT2D eigenvalue weighted by Crippen LogP contribution is -2.44. The quantitative estimate of drug-likeness (QED) is 0.646. The van der Waals surface area contributed by atoms with Gasteiger partial charge in [-0.2, -0.15) is 0 Å². The summed E-state index contributed by atoms with van der Waals surface area (Å²) in [6, 6.07) is 4.86. The second kappa shape index (κ2) is 6.37. The van der Waals surface area contributed by atoms with E-state index in [4.69, 9.17) is 4.43 Å². The molecule has 2 amide bonds. The number of rotatable bonds is 3. The zero-order valence-corrected chi connectivity index (χ0v) is 17.8. The number of benzene rings is 1. The largest absolute Gasteiger partial charge is 0.543 e. The summed E-state index contributed by atoms with van der Waals surface area (Å²) in [7, 11) is -0.320. The van der Waals surface area contributed by atoms with Crippen LogP contribution in [0.4, 0.5) is 0 Å². The number of amides is 2. The summed E-state index contributed by atoms with van der Waals surface area (Å²) < 4.78 is 9.35. The molecule has 27 heavy (non-hydrogen) atoms. The minimum absolute atomic E-state index is 0.0620. The van der Waals surface area contributed by atoms with Crippen molar-refractivity contribution in [2.24, 2.45) is 7.05 Å². The summed E-state index contributed by atoms with van der Waals surface area (Å²) in [6.07, 6.45) is 0.553. The highest BCUT2D eigenvalue weighted by Crippen LogP contribution is 2.38. The van der Waals surface area contributed by atoms with Gasteiger partial charge in [0.15, 0.2) is 0 Å². The predicted molar refractivity (Wildman–Crippen MR) is 106 cm³/mol. The van der Waals surface area contributed by atoms with Crippen LogP contribution in [-0.2, 0) is 16.6 Å². The lowest BCUT2D eigenvalue weighted by molar-refractivity contribution is -0.135. The predicted octanol–water partition coefficient (Wildman–Crippen LogP) is 2.70. The van der Waals surface area contributed by atoms with Gasteiger partial charge < -0.3 is 4.43 Å². The molecule has 0 aliphatic carbocycles. The van der Waals surface area contributed by atoms with Crippen LogP contribution in [0.5, 0.6) is 5.75 Å². The fourth-order valence-electron chi connectivity index (χ4n) is 3.08. The molecule has 1 N–H and O–H groups in total. The highest BCUT2D eigenvalue weighted by atomic mass is 28.4. The molecular weight excluding hydrogens is 362 g/mol. The first-order valence-corrected chi connectivity index (χ1v) is 12.1. The van der Waals surface area contributed by atoms with Crippen LogP contribution in [0, 0.1) is 0 Å². The highest BCUT2D eigenvalue weighted by molar-refractivity contribution is 6.74. The van der Waals surface area contributed by atoms with Gasteiger partial charge in [-0.1, -0.05) is 20.8 Å². The van der Waals surface area contributed by atoms with Gasteiger partial charge in [-0.05, 0) is 36.7 Å². The van der Waals surface area contributed by atoms with E-state index in [0.717, 1.165) is 5.75 Å². The van der Waals surface area contributed by atoms with Crippen molar-refractivity contribution < 1.29 is 14.0 Å². The van der Waals surface area contributed by atoms with E-state index in [0.29, 0.717) is 17.5 Å². The highest BCUT2D eigenvalue weighted by Gasteiger charge is 2.39. The third kappa shape index (κ3) is 3.33. The van der Waals surface area contributed by atoms with Crippen LogP contribution in [0.25, 0.3) is 11.0 Å². The average Bonchev–Trinajstić information content (AvgIpc) is 2.78. The second-order valence-electron chi connectivity index (χ2n) is 8.69. The van der Waals surface area contributed by atoms with Gasteiger partial charge in [-0.15, -0.1) is 0 Å². The third-order valence-corrected chi connectivity index (χ3v) is 10.1. The van der Waals surface area contributed by atoms with Gasteiger partial charge in [0.05, 0.1) is 11.0 Å². The Labute approximate surface area is 159 Å². The van der Waals surface area contributed by atoms with E-state index >= 15 is 0 Å². The molecule has 2 aromatic rings. The maximum Gasteiger partial charge on any atom is 0.329 e. The number of hydrogen-bond donors (Lipinski definition) is 1. The van der Waals surface area contributed by atoms with Crippen molar-refractivity contribution in [3.63, 3.8) is 0 Å². The molecule has 0 bridgehead atoms. The summed E-state index contributed by atoms with van der Waals surface area (Å²) in [5, 5.41) is 2.38. The van der Waals surface area contributed by atoms with E-state index in [1.165, 1.54) is 9.13 Å². The van der Waals surface area contributed by atoms with Gasteiger partial charge in [-0.25, -0.2) is 4.79 Å². The van der Waals surface area contributed by atoms with E-state index in [1.807, 2.05) is 18.2 Å². The molecule has 1 aromatic carbocycles. The number of nitrogens with zero attached hydrogens (tertiary/aromatic N) is 2. The van der Waals surface area contributed by atoms with Crippen molar-refractivity contribution >= 4 is 31.2 Å². The SMILES string of the molecule is Cn1c(=O)n(C2CCC(=O)NC2=O)c2ccc(O[Si](C)(C)C(C)(C)C)cc21. The van der Waals surface area contributed by atoms with Crippen LogP contribution in [0.3, 0.4) is 0 Å². The number of nitrogens with one attached hydrogen (secondary N) is 1. The van der Waals surface area contributed by atoms with Crippen molar-refractivity contribution in [1.82, 2.24) is 14.5 Å². The first kappa shape index (κ1) is 19.4. The Morgan fingerprint density at radius 3 is 2.41 bits per heavy atom. The summed E-state index contributed by atoms with van der Waals surface area (Å²) in [4.78, 5) is 36.5. The van der Waals surface area contributed by atoms with Crippen LogP contribution in [0.15, 0.2) is 23.0 Å². The molecule has 1 fully saturated rings. The monoisotopic (exact) mass is 389 g/mol. The van der Waals surface area contributed by atoms with Gasteiger partial charge >= 0.3 is 5.69 Å². The van der Waals surface area contributed by atoms with Gasteiger partial charge in [0, 0.05) is 19.5 Å². The summed E-state index contributed by atoms with van der Waals surface area (Å²) in [5.41, 5.74) is 1.10. The Balaban J connectivity index is 2.05. The fourth-order valence-corrected chi connectivity index (χ4v) is 4.11. The fraction of sp³-hybridized carbons (Fsp3) is 0.526. The van der Waals surface area contributed by atoms with E-state index in [-0.39, 0.29) is 23.1 Å². The van der Waals surface area contributed by atoms with Crippen molar-refractivity contribution in [1.29, 1.82) is 0 Å². The second-order valence-corrected chi connectivity index (χ2v) is 13.4. The number of imide groups is 1. The number of aromatic nitrogens is 2. The molecule has 7 nitrogen and oxygen atoms in total. The van der Waals surface area contributed by atoms with Gasteiger partial charge in [0.2, 0.25) is 20.1 Å². The van der Waals surface area contributed by atoms with E-state index < -0.39 is 20.3 Å². The lowest BCUT2D eigenvalue weighted by Gasteiger charge is -2.36. The lowest BCUT2D eigenvalue weighted by atomic mass is 10.1. The smallest absolute Gasteiger partial charge is 0.329 e. The van der Waals surface area contributed by atoms with Crippen LogP contribution >= 0.6 is 0 Å². The minimum atomic E-state index is -2.00. The molecule has 1 aliphatic rings. The molecule has 1 atom stereocenters. The summed E-state index contributed by atoms with van der Waals surface area (Å²) in [6.45, 7) is 10.9. The number of carbonyl (C=O) groups excluding carboxylic acids is 2. The Morgan fingerprint density at radius 2 is 1.81 bits per heavy atom. The standard InChI is InChI=1S/C19H27N3O4Si/c1-19(2,3)27(5,6)26-12-7-8-13-15(11-12)21(4)18(25)22(13)14-9-10-16(23)20-17(14)24/h7-8,11,14H,9-10H2,1-6H3,(H,20,23,24). The molecule has 0 saturated carbocycles. The summed E-state index contributed by atoms with van der Waals surface area (Å²) in [5.74, 6) is 0.00200. The molecular formula is C19H27N3O4Si. The number of aryl methyl sites for hydroxylation is 1.